The van der Waals surface area contributed by atoms with Crippen LogP contribution in [-0.2, 0) is 0 Å². The smallest absolute Gasteiger partial charge is 0.127 e. The van der Waals surface area contributed by atoms with Crippen LogP contribution in [-0.4, -0.2) is 19.9 Å². The molecule has 1 N–H and O–H groups in total. The van der Waals surface area contributed by atoms with E-state index in [1.807, 2.05) is 50.2 Å². The molecule has 0 radical (unpaired) electrons. The van der Waals surface area contributed by atoms with Crippen LogP contribution >= 0.6 is 0 Å². The Morgan fingerprint density at radius 2 is 1.75 bits per heavy atom. The molecule has 4 nitrogen and oxygen atoms in total. The van der Waals surface area contributed by atoms with Gasteiger partial charge in [0.05, 0.1) is 26.0 Å². The fourth-order valence-corrected chi connectivity index (χ4v) is 2.73. The summed E-state index contributed by atoms with van der Waals surface area (Å²) in [5.41, 5.74) is 6.65. The molecule has 1 unspecified atom stereocenters. The van der Waals surface area contributed by atoms with Gasteiger partial charge in [-0.15, -0.1) is 0 Å². The van der Waals surface area contributed by atoms with Crippen LogP contribution in [0.5, 0.6) is 11.5 Å². The Labute approximate surface area is 144 Å². The Kier molecular flexibility index (Phi) is 6.67. The van der Waals surface area contributed by atoms with Crippen molar-refractivity contribution in [1.82, 2.24) is 5.43 Å². The van der Waals surface area contributed by atoms with Crippen LogP contribution in [0.2, 0.25) is 0 Å². The molecule has 0 spiro atoms. The number of methoxy groups -OCH3 is 2. The molecule has 2 aromatic rings. The largest absolute Gasteiger partial charge is 0.497 e. The van der Waals surface area contributed by atoms with Gasteiger partial charge in [0, 0.05) is 11.6 Å². The Balaban J connectivity index is 0.00000100. The number of hydrazone groups is 1. The molecule has 1 heterocycles. The van der Waals surface area contributed by atoms with Gasteiger partial charge in [0.1, 0.15) is 11.5 Å². The Morgan fingerprint density at radius 1 is 1.00 bits per heavy atom. The Hall–Kier alpha value is -2.49. The third-order valence-electron chi connectivity index (χ3n) is 3.95. The first-order valence-electron chi connectivity index (χ1n) is 8.41. The summed E-state index contributed by atoms with van der Waals surface area (Å²) in [6, 6.07) is 16.3. The maximum absolute atomic E-state index is 5.48. The van der Waals surface area contributed by atoms with Gasteiger partial charge in [-0.2, -0.15) is 5.10 Å². The number of ether oxygens (including phenoxy) is 2. The van der Waals surface area contributed by atoms with Crippen molar-refractivity contribution in [1.29, 1.82) is 0 Å². The summed E-state index contributed by atoms with van der Waals surface area (Å²) in [5.74, 6) is 1.63. The highest BCUT2D eigenvalue weighted by Crippen LogP contribution is 2.33. The van der Waals surface area contributed by atoms with Gasteiger partial charge in [0.25, 0.3) is 0 Å². The van der Waals surface area contributed by atoms with Crippen molar-refractivity contribution in [2.45, 2.75) is 32.7 Å². The summed E-state index contributed by atoms with van der Waals surface area (Å²) in [6.45, 7) is 4.00. The van der Waals surface area contributed by atoms with Crippen LogP contribution in [0.3, 0.4) is 0 Å². The molecule has 0 amide bonds. The first kappa shape index (κ1) is 17.9. The molecule has 0 fully saturated rings. The number of nitrogens with zero attached hydrogens (tertiary/aromatic N) is 1. The van der Waals surface area contributed by atoms with Crippen molar-refractivity contribution in [2.75, 3.05) is 14.2 Å². The van der Waals surface area contributed by atoms with Crippen LogP contribution in [0.15, 0.2) is 53.6 Å². The predicted octanol–water partition coefficient (Wildman–Crippen LogP) is 4.56. The van der Waals surface area contributed by atoms with Crippen LogP contribution in [0.1, 0.15) is 43.9 Å². The molecule has 0 saturated carbocycles. The lowest BCUT2D eigenvalue weighted by Gasteiger charge is -2.25. The maximum Gasteiger partial charge on any atom is 0.127 e. The van der Waals surface area contributed by atoms with E-state index in [2.05, 4.69) is 22.7 Å². The first-order chi connectivity index (χ1) is 11.8. The normalized spacial score (nSPS) is 16.2. The zero-order valence-electron chi connectivity index (χ0n) is 14.9. The third-order valence-corrected chi connectivity index (χ3v) is 3.95. The van der Waals surface area contributed by atoms with E-state index in [0.717, 1.165) is 35.6 Å². The summed E-state index contributed by atoms with van der Waals surface area (Å²) in [5, 5.41) is 4.56. The minimum atomic E-state index is 0.160. The van der Waals surface area contributed by atoms with E-state index in [1.165, 1.54) is 5.56 Å². The van der Waals surface area contributed by atoms with E-state index in [9.17, 15) is 0 Å². The average molecular weight is 326 g/mol. The molecule has 1 aliphatic rings. The second-order valence-electron chi connectivity index (χ2n) is 5.25. The number of rotatable bonds is 4. The zero-order chi connectivity index (χ0) is 17.4. The van der Waals surface area contributed by atoms with Gasteiger partial charge in [-0.25, -0.2) is 0 Å². The Morgan fingerprint density at radius 3 is 2.33 bits per heavy atom. The molecule has 128 valence electrons. The lowest BCUT2D eigenvalue weighted by molar-refractivity contribution is 0.381. The fraction of sp³-hybridized carbons (Fsp3) is 0.350. The highest BCUT2D eigenvalue weighted by molar-refractivity contribution is 6.00. The lowest BCUT2D eigenvalue weighted by atomic mass is 9.96. The van der Waals surface area contributed by atoms with E-state index >= 15 is 0 Å². The molecule has 4 heteroatoms. The molecule has 3 rings (SSSR count). The van der Waals surface area contributed by atoms with Gasteiger partial charge in [-0.3, -0.25) is 0 Å². The lowest BCUT2D eigenvalue weighted by Crippen LogP contribution is -2.25. The van der Waals surface area contributed by atoms with Gasteiger partial charge < -0.3 is 14.9 Å². The molecule has 0 aromatic heterocycles. The number of benzene rings is 2. The first-order valence-corrected chi connectivity index (χ1v) is 8.41. The van der Waals surface area contributed by atoms with Gasteiger partial charge in [-0.05, 0) is 30.5 Å². The van der Waals surface area contributed by atoms with Crippen molar-refractivity contribution < 1.29 is 9.47 Å². The van der Waals surface area contributed by atoms with Crippen molar-refractivity contribution >= 4 is 5.71 Å². The van der Waals surface area contributed by atoms with E-state index in [1.54, 1.807) is 14.2 Å². The molecule has 24 heavy (non-hydrogen) atoms. The fourth-order valence-electron chi connectivity index (χ4n) is 2.73. The Bertz CT molecular complexity index is 669. The third kappa shape index (κ3) is 4.07. The summed E-state index contributed by atoms with van der Waals surface area (Å²) < 4.78 is 10.7. The highest BCUT2D eigenvalue weighted by Gasteiger charge is 2.21. The molecule has 1 aliphatic heterocycles. The van der Waals surface area contributed by atoms with Crippen molar-refractivity contribution in [2.24, 2.45) is 5.10 Å². The van der Waals surface area contributed by atoms with E-state index in [4.69, 9.17) is 9.47 Å². The van der Waals surface area contributed by atoms with Crippen LogP contribution in [0.25, 0.3) is 0 Å². The number of hydrogen-bond donors (Lipinski definition) is 1. The number of hydrogen-bond acceptors (Lipinski definition) is 4. The SMILES string of the molecule is CC.COc1ccc(C2CCC(c3ccccc3)=NN2)c(OC)c1. The van der Waals surface area contributed by atoms with Gasteiger partial charge >= 0.3 is 0 Å². The van der Waals surface area contributed by atoms with Gasteiger partial charge in [-0.1, -0.05) is 44.2 Å². The summed E-state index contributed by atoms with van der Waals surface area (Å²) in [4.78, 5) is 0. The molecular weight excluding hydrogens is 300 g/mol. The summed E-state index contributed by atoms with van der Waals surface area (Å²) in [6.07, 6.45) is 1.92. The minimum absolute atomic E-state index is 0.160. The highest BCUT2D eigenvalue weighted by atomic mass is 16.5. The van der Waals surface area contributed by atoms with Crippen LogP contribution in [0.4, 0.5) is 0 Å². The monoisotopic (exact) mass is 326 g/mol. The molecule has 0 saturated heterocycles. The van der Waals surface area contributed by atoms with Crippen LogP contribution in [0, 0.1) is 0 Å². The quantitative estimate of drug-likeness (QED) is 0.895. The second kappa shape index (κ2) is 8.96. The van der Waals surface area contributed by atoms with Crippen molar-refractivity contribution in [3.8, 4) is 11.5 Å². The van der Waals surface area contributed by atoms with E-state index < -0.39 is 0 Å². The molecule has 1 atom stereocenters. The molecule has 0 aliphatic carbocycles. The average Bonchev–Trinajstić information content (AvgIpc) is 2.70. The van der Waals surface area contributed by atoms with E-state index in [-0.39, 0.29) is 6.04 Å². The minimum Gasteiger partial charge on any atom is -0.497 e. The predicted molar refractivity (Wildman–Crippen MR) is 99.0 cm³/mol. The van der Waals surface area contributed by atoms with Gasteiger partial charge in [0.15, 0.2) is 0 Å². The van der Waals surface area contributed by atoms with Gasteiger partial charge in [0.2, 0.25) is 0 Å². The molecule has 0 bridgehead atoms. The molecular formula is C20H26N2O2. The zero-order valence-corrected chi connectivity index (χ0v) is 14.9. The van der Waals surface area contributed by atoms with Crippen molar-refractivity contribution in [3.05, 3.63) is 59.7 Å². The number of nitrogens with one attached hydrogen (secondary N) is 1. The van der Waals surface area contributed by atoms with E-state index in [0.29, 0.717) is 0 Å². The van der Waals surface area contributed by atoms with Crippen LogP contribution < -0.4 is 14.9 Å². The summed E-state index contributed by atoms with van der Waals surface area (Å²) in [7, 11) is 3.34. The maximum atomic E-state index is 5.48. The second-order valence-corrected chi connectivity index (χ2v) is 5.25. The summed E-state index contributed by atoms with van der Waals surface area (Å²) >= 11 is 0. The molecule has 2 aromatic carbocycles. The standard InChI is InChI=1S/C18H20N2O2.C2H6/c1-21-14-8-9-15(18(12-14)22-2)17-11-10-16(19-20-17)13-6-4-3-5-7-13;1-2/h3-9,12,17,20H,10-11H2,1-2H3;1-2H3. The van der Waals surface area contributed by atoms with Crippen molar-refractivity contribution in [3.63, 3.8) is 0 Å². The topological polar surface area (TPSA) is 42.8 Å².